The van der Waals surface area contributed by atoms with Crippen molar-refractivity contribution in [3.63, 3.8) is 0 Å². The number of aryl methyl sites for hydroxylation is 1. The molecule has 128 valence electrons. The molecule has 0 spiro atoms. The van der Waals surface area contributed by atoms with Crippen LogP contribution >= 0.6 is 0 Å². The molecule has 1 N–H and O–H groups in total. The van der Waals surface area contributed by atoms with Crippen LogP contribution in [-0.2, 0) is 23.2 Å². The lowest BCUT2D eigenvalue weighted by molar-refractivity contribution is -0.121. The summed E-state index contributed by atoms with van der Waals surface area (Å²) in [7, 11) is 1.64. The van der Waals surface area contributed by atoms with Crippen LogP contribution in [0.2, 0.25) is 0 Å². The lowest BCUT2D eigenvalue weighted by Gasteiger charge is -2.19. The average molecular weight is 325 g/mol. The molecule has 0 aliphatic rings. The first-order valence-electron chi connectivity index (χ1n) is 8.38. The highest BCUT2D eigenvalue weighted by molar-refractivity contribution is 5.76. The standard InChI is InChI=1S/C21H27NO2/c1-21(2,3)18-12-9-16(10-13-18)11-14-20(23)22-15-17-7-5-6-8-19(17)24-4/h5-10,12-13H,11,14-15H2,1-4H3,(H,22,23). The number of nitrogens with one attached hydrogen (secondary N) is 1. The van der Waals surface area contributed by atoms with Gasteiger partial charge in [-0.05, 0) is 29.0 Å². The Balaban J connectivity index is 1.83. The highest BCUT2D eigenvalue weighted by Crippen LogP contribution is 2.22. The summed E-state index contributed by atoms with van der Waals surface area (Å²) in [6.07, 6.45) is 1.24. The third-order valence-electron chi connectivity index (χ3n) is 4.13. The molecule has 0 heterocycles. The fourth-order valence-electron chi connectivity index (χ4n) is 2.56. The molecular weight excluding hydrogens is 298 g/mol. The van der Waals surface area contributed by atoms with Crippen LogP contribution in [0.5, 0.6) is 5.75 Å². The van der Waals surface area contributed by atoms with Crippen molar-refractivity contribution in [1.82, 2.24) is 5.32 Å². The number of para-hydroxylation sites is 1. The van der Waals surface area contributed by atoms with Gasteiger partial charge in [-0.25, -0.2) is 0 Å². The van der Waals surface area contributed by atoms with Gasteiger partial charge in [0.05, 0.1) is 7.11 Å². The molecule has 0 unspecified atom stereocenters. The Morgan fingerprint density at radius 2 is 1.71 bits per heavy atom. The number of benzene rings is 2. The lowest BCUT2D eigenvalue weighted by atomic mass is 9.86. The minimum atomic E-state index is 0.0563. The Morgan fingerprint density at radius 1 is 1.04 bits per heavy atom. The second-order valence-corrected chi connectivity index (χ2v) is 7.04. The summed E-state index contributed by atoms with van der Waals surface area (Å²) in [6, 6.07) is 16.3. The predicted molar refractivity (Wildman–Crippen MR) is 98.3 cm³/mol. The van der Waals surface area contributed by atoms with Crippen molar-refractivity contribution in [3.8, 4) is 5.75 Å². The van der Waals surface area contributed by atoms with E-state index in [2.05, 4.69) is 50.4 Å². The van der Waals surface area contributed by atoms with Gasteiger partial charge >= 0.3 is 0 Å². The molecular formula is C21H27NO2. The van der Waals surface area contributed by atoms with Crippen molar-refractivity contribution in [2.45, 2.75) is 45.6 Å². The highest BCUT2D eigenvalue weighted by atomic mass is 16.5. The van der Waals surface area contributed by atoms with Crippen LogP contribution in [-0.4, -0.2) is 13.0 Å². The Labute approximate surface area is 145 Å². The van der Waals surface area contributed by atoms with Crippen LogP contribution in [0, 0.1) is 0 Å². The normalized spacial score (nSPS) is 11.2. The van der Waals surface area contributed by atoms with Gasteiger partial charge in [-0.15, -0.1) is 0 Å². The molecule has 24 heavy (non-hydrogen) atoms. The molecule has 0 radical (unpaired) electrons. The molecule has 3 heteroatoms. The van der Waals surface area contributed by atoms with Crippen molar-refractivity contribution in [2.24, 2.45) is 0 Å². The van der Waals surface area contributed by atoms with Crippen LogP contribution in [0.15, 0.2) is 48.5 Å². The van der Waals surface area contributed by atoms with Crippen LogP contribution in [0.3, 0.4) is 0 Å². The van der Waals surface area contributed by atoms with E-state index < -0.39 is 0 Å². The van der Waals surface area contributed by atoms with Crippen molar-refractivity contribution < 1.29 is 9.53 Å². The summed E-state index contributed by atoms with van der Waals surface area (Å²) in [5, 5.41) is 2.96. The summed E-state index contributed by atoms with van der Waals surface area (Å²) in [6.45, 7) is 7.10. The number of hydrogen-bond donors (Lipinski definition) is 1. The third-order valence-corrected chi connectivity index (χ3v) is 4.13. The van der Waals surface area contributed by atoms with Crippen molar-refractivity contribution in [1.29, 1.82) is 0 Å². The summed E-state index contributed by atoms with van der Waals surface area (Å²) < 4.78 is 5.29. The maximum atomic E-state index is 12.1. The van der Waals surface area contributed by atoms with Gasteiger partial charge in [0, 0.05) is 18.5 Å². The first kappa shape index (κ1) is 18.1. The minimum Gasteiger partial charge on any atom is -0.496 e. The third kappa shape index (κ3) is 5.12. The number of carbonyl (C=O) groups excluding carboxylic acids is 1. The van der Waals surface area contributed by atoms with Gasteiger partial charge in [0.2, 0.25) is 5.91 Å². The van der Waals surface area contributed by atoms with Gasteiger partial charge in [0.1, 0.15) is 5.75 Å². The van der Waals surface area contributed by atoms with E-state index in [4.69, 9.17) is 4.74 Å². The smallest absolute Gasteiger partial charge is 0.220 e. The second-order valence-electron chi connectivity index (χ2n) is 7.04. The van der Waals surface area contributed by atoms with E-state index in [0.717, 1.165) is 17.7 Å². The predicted octanol–water partition coefficient (Wildman–Crippen LogP) is 4.24. The number of ether oxygens (including phenoxy) is 1. The van der Waals surface area contributed by atoms with E-state index >= 15 is 0 Å². The average Bonchev–Trinajstić information content (AvgIpc) is 2.58. The van der Waals surface area contributed by atoms with Crippen LogP contribution in [0.25, 0.3) is 0 Å². The fourth-order valence-corrected chi connectivity index (χ4v) is 2.56. The van der Waals surface area contributed by atoms with Gasteiger partial charge < -0.3 is 10.1 Å². The zero-order valence-electron chi connectivity index (χ0n) is 15.1. The number of rotatable bonds is 6. The topological polar surface area (TPSA) is 38.3 Å². The Hall–Kier alpha value is -2.29. The van der Waals surface area contributed by atoms with Crippen LogP contribution in [0.1, 0.15) is 43.9 Å². The summed E-state index contributed by atoms with van der Waals surface area (Å²) in [5.41, 5.74) is 3.65. The molecule has 0 fully saturated rings. The first-order valence-corrected chi connectivity index (χ1v) is 8.38. The van der Waals surface area contributed by atoms with Gasteiger partial charge in [-0.2, -0.15) is 0 Å². The van der Waals surface area contributed by atoms with Crippen LogP contribution in [0.4, 0.5) is 0 Å². The summed E-state index contributed by atoms with van der Waals surface area (Å²) in [4.78, 5) is 12.1. The zero-order valence-corrected chi connectivity index (χ0v) is 15.1. The lowest BCUT2D eigenvalue weighted by Crippen LogP contribution is -2.23. The van der Waals surface area contributed by atoms with E-state index in [1.807, 2.05) is 24.3 Å². The quantitative estimate of drug-likeness (QED) is 0.862. The number of amides is 1. The molecule has 2 aromatic carbocycles. The summed E-state index contributed by atoms with van der Waals surface area (Å²) in [5.74, 6) is 0.858. The molecule has 0 atom stereocenters. The maximum Gasteiger partial charge on any atom is 0.220 e. The molecule has 1 amide bonds. The van der Waals surface area contributed by atoms with E-state index in [1.54, 1.807) is 7.11 Å². The van der Waals surface area contributed by atoms with E-state index in [9.17, 15) is 4.79 Å². The molecule has 0 saturated carbocycles. The van der Waals surface area contributed by atoms with Crippen molar-refractivity contribution in [2.75, 3.05) is 7.11 Å². The number of methoxy groups -OCH3 is 1. The number of carbonyl (C=O) groups is 1. The summed E-state index contributed by atoms with van der Waals surface area (Å²) >= 11 is 0. The monoisotopic (exact) mass is 325 g/mol. The van der Waals surface area contributed by atoms with E-state index in [-0.39, 0.29) is 11.3 Å². The molecule has 2 aromatic rings. The minimum absolute atomic E-state index is 0.0563. The highest BCUT2D eigenvalue weighted by Gasteiger charge is 2.13. The van der Waals surface area contributed by atoms with Gasteiger partial charge in [-0.1, -0.05) is 63.2 Å². The zero-order chi connectivity index (χ0) is 17.6. The van der Waals surface area contributed by atoms with Crippen molar-refractivity contribution >= 4 is 5.91 Å². The fraction of sp³-hybridized carbons (Fsp3) is 0.381. The molecule has 0 aromatic heterocycles. The molecule has 0 aliphatic heterocycles. The van der Waals surface area contributed by atoms with E-state index in [1.165, 1.54) is 11.1 Å². The molecule has 0 aliphatic carbocycles. The molecule has 0 saturated heterocycles. The van der Waals surface area contributed by atoms with Crippen LogP contribution < -0.4 is 10.1 Å². The van der Waals surface area contributed by atoms with Gasteiger partial charge in [-0.3, -0.25) is 4.79 Å². The van der Waals surface area contributed by atoms with E-state index in [0.29, 0.717) is 13.0 Å². The Bertz CT molecular complexity index is 669. The van der Waals surface area contributed by atoms with Gasteiger partial charge in [0.15, 0.2) is 0 Å². The number of hydrogen-bond acceptors (Lipinski definition) is 2. The Kier molecular flexibility index (Phi) is 6.02. The first-order chi connectivity index (χ1) is 11.4. The second kappa shape index (κ2) is 8.00. The molecule has 3 nitrogen and oxygen atoms in total. The maximum absolute atomic E-state index is 12.1. The van der Waals surface area contributed by atoms with Gasteiger partial charge in [0.25, 0.3) is 0 Å². The molecule has 2 rings (SSSR count). The Morgan fingerprint density at radius 3 is 2.33 bits per heavy atom. The van der Waals surface area contributed by atoms with Crippen molar-refractivity contribution in [3.05, 3.63) is 65.2 Å². The molecule has 0 bridgehead atoms. The SMILES string of the molecule is COc1ccccc1CNC(=O)CCc1ccc(C(C)(C)C)cc1. The largest absolute Gasteiger partial charge is 0.496 e.